The quantitative estimate of drug-likeness (QED) is 0.848. The molecule has 4 bridgehead atoms. The standard InChI is InChI=1S/C18H32N2/c1-20-6-2-17(3-7-20)19-5-4-18-11-14-8-15(12-18)10-16(9-14)13-18/h14-17,19H,2-13H2,1H3. The molecule has 4 saturated carbocycles. The smallest absolute Gasteiger partial charge is 0.00914 e. The van der Waals surface area contributed by atoms with E-state index < -0.39 is 0 Å². The molecule has 1 saturated heterocycles. The lowest BCUT2D eigenvalue weighted by molar-refractivity contribution is -0.0571. The summed E-state index contributed by atoms with van der Waals surface area (Å²) in [5.41, 5.74) is 0.771. The van der Waals surface area contributed by atoms with Crippen LogP contribution in [-0.2, 0) is 0 Å². The third-order valence-electron chi connectivity index (χ3n) is 6.97. The molecular formula is C18H32N2. The third kappa shape index (κ3) is 2.66. The van der Waals surface area contributed by atoms with Gasteiger partial charge >= 0.3 is 0 Å². The molecule has 5 fully saturated rings. The lowest BCUT2D eigenvalue weighted by atomic mass is 9.49. The fourth-order valence-electron chi connectivity index (χ4n) is 6.35. The Labute approximate surface area is 124 Å². The molecule has 0 aromatic carbocycles. The first-order valence-electron chi connectivity index (χ1n) is 9.13. The Morgan fingerprint density at radius 1 is 0.950 bits per heavy atom. The molecule has 0 unspecified atom stereocenters. The lowest BCUT2D eigenvalue weighted by Crippen LogP contribution is -2.48. The van der Waals surface area contributed by atoms with E-state index in [0.29, 0.717) is 0 Å². The highest BCUT2D eigenvalue weighted by Gasteiger charge is 2.50. The summed E-state index contributed by atoms with van der Waals surface area (Å²) in [6.45, 7) is 3.87. The van der Waals surface area contributed by atoms with Crippen LogP contribution in [0.15, 0.2) is 0 Å². The first-order chi connectivity index (χ1) is 9.71. The van der Waals surface area contributed by atoms with Crippen LogP contribution in [0, 0.1) is 23.2 Å². The van der Waals surface area contributed by atoms with Crippen LogP contribution < -0.4 is 5.32 Å². The molecule has 1 N–H and O–H groups in total. The van der Waals surface area contributed by atoms with Gasteiger partial charge in [-0.05, 0) is 108 Å². The Bertz CT molecular complexity index is 308. The van der Waals surface area contributed by atoms with Crippen molar-refractivity contribution in [3.05, 3.63) is 0 Å². The highest BCUT2D eigenvalue weighted by atomic mass is 15.1. The van der Waals surface area contributed by atoms with E-state index in [1.54, 1.807) is 38.5 Å². The molecule has 0 aromatic heterocycles. The number of rotatable bonds is 4. The Kier molecular flexibility index (Phi) is 3.58. The minimum absolute atomic E-state index is 0.771. The molecule has 4 aliphatic carbocycles. The zero-order valence-electron chi connectivity index (χ0n) is 13.2. The number of hydrogen-bond acceptors (Lipinski definition) is 2. The van der Waals surface area contributed by atoms with Gasteiger partial charge in [0.25, 0.3) is 0 Å². The van der Waals surface area contributed by atoms with Crippen LogP contribution in [0.4, 0.5) is 0 Å². The topological polar surface area (TPSA) is 15.3 Å². The summed E-state index contributed by atoms with van der Waals surface area (Å²) in [6.07, 6.45) is 13.7. The van der Waals surface area contributed by atoms with Gasteiger partial charge in [0.1, 0.15) is 0 Å². The average molecular weight is 276 g/mol. The highest BCUT2D eigenvalue weighted by molar-refractivity contribution is 5.01. The highest BCUT2D eigenvalue weighted by Crippen LogP contribution is 2.61. The molecule has 5 aliphatic rings. The number of nitrogens with zero attached hydrogens (tertiary/aromatic N) is 1. The van der Waals surface area contributed by atoms with E-state index in [0.717, 1.165) is 29.2 Å². The summed E-state index contributed by atoms with van der Waals surface area (Å²) in [4.78, 5) is 2.47. The SMILES string of the molecule is CN1CCC(NCCC23CC4CC(CC(C4)C2)C3)CC1. The van der Waals surface area contributed by atoms with Gasteiger partial charge in [-0.25, -0.2) is 0 Å². The maximum atomic E-state index is 3.89. The van der Waals surface area contributed by atoms with Crippen LogP contribution in [-0.4, -0.2) is 37.6 Å². The van der Waals surface area contributed by atoms with Crippen molar-refractivity contribution in [3.63, 3.8) is 0 Å². The van der Waals surface area contributed by atoms with E-state index >= 15 is 0 Å². The summed E-state index contributed by atoms with van der Waals surface area (Å²) in [5, 5.41) is 3.89. The average Bonchev–Trinajstić information content (AvgIpc) is 2.39. The maximum absolute atomic E-state index is 3.89. The van der Waals surface area contributed by atoms with E-state index in [4.69, 9.17) is 0 Å². The zero-order chi connectivity index (χ0) is 13.6. The van der Waals surface area contributed by atoms with E-state index in [2.05, 4.69) is 17.3 Å². The molecule has 0 spiro atoms. The predicted octanol–water partition coefficient (Wildman–Crippen LogP) is 3.28. The normalized spacial score (nSPS) is 45.1. The van der Waals surface area contributed by atoms with Crippen LogP contribution in [0.5, 0.6) is 0 Å². The molecule has 2 heteroatoms. The van der Waals surface area contributed by atoms with Crippen LogP contribution in [0.25, 0.3) is 0 Å². The molecule has 1 aliphatic heterocycles. The van der Waals surface area contributed by atoms with Gasteiger partial charge in [-0.1, -0.05) is 0 Å². The molecule has 0 atom stereocenters. The van der Waals surface area contributed by atoms with Gasteiger partial charge in [-0.15, -0.1) is 0 Å². The maximum Gasteiger partial charge on any atom is 0.00914 e. The molecule has 0 aromatic rings. The molecule has 0 radical (unpaired) electrons. The van der Waals surface area contributed by atoms with E-state index in [9.17, 15) is 0 Å². The summed E-state index contributed by atoms with van der Waals surface area (Å²) in [6, 6.07) is 0.806. The lowest BCUT2D eigenvalue weighted by Gasteiger charge is -2.57. The molecule has 20 heavy (non-hydrogen) atoms. The molecule has 5 rings (SSSR count). The number of nitrogens with one attached hydrogen (secondary N) is 1. The van der Waals surface area contributed by atoms with Crippen molar-refractivity contribution >= 4 is 0 Å². The fraction of sp³-hybridized carbons (Fsp3) is 1.00. The molecule has 2 nitrogen and oxygen atoms in total. The van der Waals surface area contributed by atoms with Crippen LogP contribution >= 0.6 is 0 Å². The van der Waals surface area contributed by atoms with Crippen molar-refractivity contribution in [1.82, 2.24) is 10.2 Å². The Morgan fingerprint density at radius 2 is 1.50 bits per heavy atom. The number of piperidine rings is 1. The van der Waals surface area contributed by atoms with Gasteiger partial charge in [0, 0.05) is 6.04 Å². The Morgan fingerprint density at radius 3 is 2.05 bits per heavy atom. The second kappa shape index (κ2) is 5.28. The van der Waals surface area contributed by atoms with Crippen LogP contribution in [0.3, 0.4) is 0 Å². The van der Waals surface area contributed by atoms with Gasteiger partial charge in [-0.3, -0.25) is 0 Å². The molecule has 1 heterocycles. The van der Waals surface area contributed by atoms with Crippen LogP contribution in [0.2, 0.25) is 0 Å². The fourth-order valence-corrected chi connectivity index (χ4v) is 6.35. The predicted molar refractivity (Wildman–Crippen MR) is 83.7 cm³/mol. The minimum Gasteiger partial charge on any atom is -0.314 e. The van der Waals surface area contributed by atoms with Crippen molar-refractivity contribution in [2.75, 3.05) is 26.7 Å². The molecular weight excluding hydrogens is 244 g/mol. The summed E-state index contributed by atoms with van der Waals surface area (Å²) < 4.78 is 0. The van der Waals surface area contributed by atoms with E-state index in [1.165, 1.54) is 38.9 Å². The van der Waals surface area contributed by atoms with Crippen molar-refractivity contribution in [2.24, 2.45) is 23.2 Å². The number of likely N-dealkylation sites (tertiary alicyclic amines) is 1. The summed E-state index contributed by atoms with van der Waals surface area (Å²) >= 11 is 0. The van der Waals surface area contributed by atoms with E-state index in [-0.39, 0.29) is 0 Å². The van der Waals surface area contributed by atoms with Crippen molar-refractivity contribution in [3.8, 4) is 0 Å². The van der Waals surface area contributed by atoms with Gasteiger partial charge in [-0.2, -0.15) is 0 Å². The minimum atomic E-state index is 0.771. The van der Waals surface area contributed by atoms with Gasteiger partial charge in [0.15, 0.2) is 0 Å². The van der Waals surface area contributed by atoms with Crippen molar-refractivity contribution < 1.29 is 0 Å². The number of hydrogen-bond donors (Lipinski definition) is 1. The molecule has 114 valence electrons. The van der Waals surface area contributed by atoms with Gasteiger partial charge in [0.2, 0.25) is 0 Å². The second-order valence-electron chi connectivity index (χ2n) is 8.70. The largest absolute Gasteiger partial charge is 0.314 e. The van der Waals surface area contributed by atoms with E-state index in [1.807, 2.05) is 0 Å². The third-order valence-corrected chi connectivity index (χ3v) is 6.97. The van der Waals surface area contributed by atoms with Crippen LogP contribution in [0.1, 0.15) is 57.8 Å². The monoisotopic (exact) mass is 276 g/mol. The molecule has 0 amide bonds. The Hall–Kier alpha value is -0.0800. The first kappa shape index (κ1) is 13.6. The van der Waals surface area contributed by atoms with Crippen molar-refractivity contribution in [1.29, 1.82) is 0 Å². The van der Waals surface area contributed by atoms with Gasteiger partial charge in [0.05, 0.1) is 0 Å². The second-order valence-corrected chi connectivity index (χ2v) is 8.70. The van der Waals surface area contributed by atoms with Crippen molar-refractivity contribution in [2.45, 2.75) is 63.8 Å². The zero-order valence-corrected chi connectivity index (χ0v) is 13.2. The first-order valence-corrected chi connectivity index (χ1v) is 9.13. The summed E-state index contributed by atoms with van der Waals surface area (Å²) in [7, 11) is 2.26. The van der Waals surface area contributed by atoms with Gasteiger partial charge < -0.3 is 10.2 Å². The Balaban J connectivity index is 1.27. The summed E-state index contributed by atoms with van der Waals surface area (Å²) in [5.74, 6) is 3.35.